The van der Waals surface area contributed by atoms with Crippen LogP contribution < -0.4 is 14.8 Å². The first-order chi connectivity index (χ1) is 16.4. The van der Waals surface area contributed by atoms with E-state index in [0.717, 1.165) is 22.1 Å². The Bertz CT molecular complexity index is 1070. The van der Waals surface area contributed by atoms with Gasteiger partial charge in [0.05, 0.1) is 32.6 Å². The Kier molecular flexibility index (Phi) is 9.35. The van der Waals surface area contributed by atoms with Crippen LogP contribution in [-0.4, -0.2) is 66.2 Å². The van der Waals surface area contributed by atoms with E-state index in [0.29, 0.717) is 31.0 Å². The van der Waals surface area contributed by atoms with Crippen molar-refractivity contribution in [3.05, 3.63) is 65.5 Å². The molecule has 182 valence electrons. The molecule has 0 fully saturated rings. The topological polar surface area (TPSA) is 81.5 Å². The first-order valence-electron chi connectivity index (χ1n) is 11.2. The van der Waals surface area contributed by atoms with E-state index in [2.05, 4.69) is 44.0 Å². The summed E-state index contributed by atoms with van der Waals surface area (Å²) in [6, 6.07) is 16.1. The predicted octanol–water partition coefficient (Wildman–Crippen LogP) is 3.42. The minimum Gasteiger partial charge on any atom is -0.493 e. The second kappa shape index (κ2) is 12.4. The molecule has 9 heteroatoms. The molecule has 1 atom stereocenters. The van der Waals surface area contributed by atoms with E-state index in [4.69, 9.17) is 9.47 Å². The fourth-order valence-electron chi connectivity index (χ4n) is 3.42. The highest BCUT2D eigenvalue weighted by atomic mass is 32.2. The highest BCUT2D eigenvalue weighted by Gasteiger charge is 2.20. The molecular weight excluding hydrogens is 450 g/mol. The molecule has 1 heterocycles. The minimum absolute atomic E-state index is 0.0399. The van der Waals surface area contributed by atoms with Crippen LogP contribution >= 0.6 is 11.8 Å². The fourth-order valence-corrected chi connectivity index (χ4v) is 4.20. The molecule has 3 rings (SSSR count). The SMILES string of the molecule is COc1ccc(CCNC(=O)CSc2nnc([C@@H](C)N(C)C)n2Cc2ccccc2)cc1OC. The van der Waals surface area contributed by atoms with E-state index < -0.39 is 0 Å². The molecule has 0 radical (unpaired) electrons. The summed E-state index contributed by atoms with van der Waals surface area (Å²) in [4.78, 5) is 14.6. The molecular formula is C25H33N5O3S. The van der Waals surface area contributed by atoms with Crippen LogP contribution in [0.1, 0.15) is 29.9 Å². The lowest BCUT2D eigenvalue weighted by molar-refractivity contribution is -0.118. The zero-order valence-corrected chi connectivity index (χ0v) is 21.3. The van der Waals surface area contributed by atoms with Crippen molar-refractivity contribution in [1.29, 1.82) is 0 Å². The number of aromatic nitrogens is 3. The number of thioether (sulfide) groups is 1. The predicted molar refractivity (Wildman–Crippen MR) is 135 cm³/mol. The van der Waals surface area contributed by atoms with Crippen LogP contribution in [0.4, 0.5) is 0 Å². The molecule has 1 N–H and O–H groups in total. The van der Waals surface area contributed by atoms with Gasteiger partial charge >= 0.3 is 0 Å². The zero-order chi connectivity index (χ0) is 24.5. The van der Waals surface area contributed by atoms with E-state index in [1.165, 1.54) is 11.8 Å². The van der Waals surface area contributed by atoms with Crippen molar-refractivity contribution >= 4 is 17.7 Å². The molecule has 0 unspecified atom stereocenters. The van der Waals surface area contributed by atoms with Crippen molar-refractivity contribution in [3.63, 3.8) is 0 Å². The van der Waals surface area contributed by atoms with Crippen LogP contribution in [0.5, 0.6) is 11.5 Å². The second-order valence-electron chi connectivity index (χ2n) is 8.13. The number of rotatable bonds is 12. The summed E-state index contributed by atoms with van der Waals surface area (Å²) in [6.07, 6.45) is 0.700. The number of ether oxygens (including phenoxy) is 2. The number of nitrogens with zero attached hydrogens (tertiary/aromatic N) is 4. The lowest BCUT2D eigenvalue weighted by Crippen LogP contribution is -2.27. The quantitative estimate of drug-likeness (QED) is 0.395. The minimum atomic E-state index is -0.0399. The molecule has 0 aliphatic carbocycles. The number of amides is 1. The number of hydrogen-bond acceptors (Lipinski definition) is 7. The second-order valence-corrected chi connectivity index (χ2v) is 9.07. The monoisotopic (exact) mass is 483 g/mol. The number of nitrogens with one attached hydrogen (secondary N) is 1. The Morgan fingerprint density at radius 1 is 1.06 bits per heavy atom. The van der Waals surface area contributed by atoms with E-state index in [1.807, 2.05) is 50.5 Å². The first-order valence-corrected chi connectivity index (χ1v) is 12.1. The number of hydrogen-bond donors (Lipinski definition) is 1. The molecule has 3 aromatic rings. The molecule has 1 amide bonds. The summed E-state index contributed by atoms with van der Waals surface area (Å²) < 4.78 is 12.7. The smallest absolute Gasteiger partial charge is 0.230 e. The third-order valence-corrected chi connectivity index (χ3v) is 6.56. The average molecular weight is 484 g/mol. The van der Waals surface area contributed by atoms with Crippen LogP contribution in [-0.2, 0) is 17.8 Å². The van der Waals surface area contributed by atoms with Crippen LogP contribution in [0.2, 0.25) is 0 Å². The van der Waals surface area contributed by atoms with Gasteiger partial charge in [0.25, 0.3) is 0 Å². The van der Waals surface area contributed by atoms with Gasteiger partial charge < -0.3 is 19.4 Å². The van der Waals surface area contributed by atoms with Gasteiger partial charge in [-0.05, 0) is 50.7 Å². The van der Waals surface area contributed by atoms with Gasteiger partial charge in [-0.3, -0.25) is 9.69 Å². The molecule has 0 bridgehead atoms. The van der Waals surface area contributed by atoms with Crippen molar-refractivity contribution in [1.82, 2.24) is 25.0 Å². The standard InChI is InChI=1S/C25H33N5O3S/c1-18(29(2)3)24-27-28-25(30(24)16-20-9-7-6-8-10-20)34-17-23(31)26-14-13-19-11-12-21(32-4)22(15-19)33-5/h6-12,15,18H,13-14,16-17H2,1-5H3,(H,26,31)/t18-/m1/s1. The maximum absolute atomic E-state index is 12.5. The summed E-state index contributed by atoms with van der Waals surface area (Å²) >= 11 is 1.40. The van der Waals surface area contributed by atoms with Gasteiger partial charge in [-0.1, -0.05) is 48.2 Å². The van der Waals surface area contributed by atoms with Gasteiger partial charge in [-0.25, -0.2) is 0 Å². The highest BCUT2D eigenvalue weighted by Crippen LogP contribution is 2.27. The third kappa shape index (κ3) is 6.74. The molecule has 0 spiro atoms. The number of carbonyl (C=O) groups is 1. The number of benzene rings is 2. The molecule has 0 saturated heterocycles. The maximum atomic E-state index is 12.5. The van der Waals surface area contributed by atoms with Crippen LogP contribution in [0.3, 0.4) is 0 Å². The lowest BCUT2D eigenvalue weighted by atomic mass is 10.1. The Hall–Kier alpha value is -3.04. The summed E-state index contributed by atoms with van der Waals surface area (Å²) in [7, 11) is 7.26. The molecule has 8 nitrogen and oxygen atoms in total. The van der Waals surface area contributed by atoms with Gasteiger partial charge in [0, 0.05) is 6.54 Å². The molecule has 0 saturated carbocycles. The largest absolute Gasteiger partial charge is 0.493 e. The molecule has 1 aromatic heterocycles. The Labute approximate surface area is 205 Å². The van der Waals surface area contributed by atoms with E-state index in [1.54, 1.807) is 14.2 Å². The van der Waals surface area contributed by atoms with E-state index >= 15 is 0 Å². The first kappa shape index (κ1) is 25.6. The summed E-state index contributed by atoms with van der Waals surface area (Å²) in [5.41, 5.74) is 2.23. The summed E-state index contributed by atoms with van der Waals surface area (Å²) in [5.74, 6) is 2.48. The van der Waals surface area contributed by atoms with Gasteiger partial charge in [-0.2, -0.15) is 0 Å². The lowest BCUT2D eigenvalue weighted by Gasteiger charge is -2.20. The maximum Gasteiger partial charge on any atom is 0.230 e. The van der Waals surface area contributed by atoms with Crippen molar-refractivity contribution in [3.8, 4) is 11.5 Å². The third-order valence-electron chi connectivity index (χ3n) is 5.59. The van der Waals surface area contributed by atoms with Crippen LogP contribution in [0.15, 0.2) is 53.7 Å². The number of carbonyl (C=O) groups excluding carboxylic acids is 1. The fraction of sp³-hybridized carbons (Fsp3) is 0.400. The van der Waals surface area contributed by atoms with Crippen LogP contribution in [0.25, 0.3) is 0 Å². The van der Waals surface area contributed by atoms with Gasteiger partial charge in [-0.15, -0.1) is 10.2 Å². The molecule has 34 heavy (non-hydrogen) atoms. The molecule has 2 aromatic carbocycles. The van der Waals surface area contributed by atoms with Crippen molar-refractivity contribution in [2.75, 3.05) is 40.6 Å². The number of methoxy groups -OCH3 is 2. The molecule has 0 aliphatic heterocycles. The summed E-state index contributed by atoms with van der Waals surface area (Å²) in [5, 5.41) is 12.6. The van der Waals surface area contributed by atoms with Gasteiger partial charge in [0.1, 0.15) is 0 Å². The highest BCUT2D eigenvalue weighted by molar-refractivity contribution is 7.99. The van der Waals surface area contributed by atoms with Crippen molar-refractivity contribution < 1.29 is 14.3 Å². The van der Waals surface area contributed by atoms with Crippen LogP contribution in [0, 0.1) is 0 Å². The van der Waals surface area contributed by atoms with Crippen molar-refractivity contribution in [2.24, 2.45) is 0 Å². The van der Waals surface area contributed by atoms with Gasteiger partial charge in [0.2, 0.25) is 5.91 Å². The Balaban J connectivity index is 1.59. The Morgan fingerprint density at radius 2 is 1.79 bits per heavy atom. The van der Waals surface area contributed by atoms with Crippen molar-refractivity contribution in [2.45, 2.75) is 31.1 Å². The molecule has 0 aliphatic rings. The van der Waals surface area contributed by atoms with E-state index in [-0.39, 0.29) is 17.7 Å². The zero-order valence-electron chi connectivity index (χ0n) is 20.4. The van der Waals surface area contributed by atoms with E-state index in [9.17, 15) is 4.79 Å². The Morgan fingerprint density at radius 3 is 2.47 bits per heavy atom. The normalized spacial score (nSPS) is 11.9. The average Bonchev–Trinajstić information content (AvgIpc) is 3.24. The summed E-state index contributed by atoms with van der Waals surface area (Å²) in [6.45, 7) is 3.29. The van der Waals surface area contributed by atoms with Gasteiger partial charge in [0.15, 0.2) is 22.5 Å².